The second-order valence-corrected chi connectivity index (χ2v) is 6.43. The predicted molar refractivity (Wildman–Crippen MR) is 85.3 cm³/mol. The fraction of sp³-hybridized carbons (Fsp3) is 0.556. The molecule has 1 aromatic rings. The molecule has 1 heterocycles. The maximum absolute atomic E-state index is 5.50. The molecule has 1 saturated heterocycles. The van der Waals surface area contributed by atoms with Gasteiger partial charge in [0.15, 0.2) is 11.5 Å². The van der Waals surface area contributed by atoms with E-state index in [2.05, 4.69) is 30.7 Å². The maximum Gasteiger partial charge on any atom is 0.161 e. The summed E-state index contributed by atoms with van der Waals surface area (Å²) in [6, 6.07) is 7.01. The molecule has 1 aromatic carbocycles. The van der Waals surface area contributed by atoms with Crippen LogP contribution in [0.4, 0.5) is 0 Å². The molecule has 0 aromatic heterocycles. The van der Waals surface area contributed by atoms with Crippen molar-refractivity contribution >= 4 is 0 Å². The SMILES string of the molecule is C=C1CCC2(c3ccc(OC)c(OC)c3)CCN(C)C2C1. The van der Waals surface area contributed by atoms with Crippen LogP contribution in [0.2, 0.25) is 0 Å². The number of nitrogens with zero attached hydrogens (tertiary/aromatic N) is 1. The average Bonchev–Trinajstić information content (AvgIpc) is 2.85. The van der Waals surface area contributed by atoms with Crippen molar-refractivity contribution in [1.29, 1.82) is 0 Å². The summed E-state index contributed by atoms with van der Waals surface area (Å²) in [6.45, 7) is 5.38. The lowest BCUT2D eigenvalue weighted by molar-refractivity contribution is 0.209. The molecule has 3 rings (SSSR count). The van der Waals surface area contributed by atoms with E-state index in [9.17, 15) is 0 Å². The number of rotatable bonds is 3. The van der Waals surface area contributed by atoms with Gasteiger partial charge in [0.2, 0.25) is 0 Å². The number of fused-ring (bicyclic) bond motifs is 1. The average molecular weight is 287 g/mol. The molecule has 1 saturated carbocycles. The van der Waals surface area contributed by atoms with Gasteiger partial charge in [0, 0.05) is 11.5 Å². The third kappa shape index (κ3) is 2.24. The van der Waals surface area contributed by atoms with Crippen molar-refractivity contribution < 1.29 is 9.47 Å². The Morgan fingerprint density at radius 3 is 2.67 bits per heavy atom. The minimum Gasteiger partial charge on any atom is -0.493 e. The Morgan fingerprint density at radius 1 is 1.19 bits per heavy atom. The molecule has 1 aliphatic heterocycles. The second kappa shape index (κ2) is 5.38. The number of hydrogen-bond acceptors (Lipinski definition) is 3. The van der Waals surface area contributed by atoms with Crippen LogP contribution in [0, 0.1) is 0 Å². The lowest BCUT2D eigenvalue weighted by Crippen LogP contribution is -2.44. The van der Waals surface area contributed by atoms with Crippen molar-refractivity contribution in [3.8, 4) is 11.5 Å². The highest BCUT2D eigenvalue weighted by molar-refractivity contribution is 5.47. The van der Waals surface area contributed by atoms with E-state index >= 15 is 0 Å². The van der Waals surface area contributed by atoms with Crippen molar-refractivity contribution in [3.63, 3.8) is 0 Å². The van der Waals surface area contributed by atoms with Crippen LogP contribution in [-0.2, 0) is 5.41 Å². The van der Waals surface area contributed by atoms with Crippen molar-refractivity contribution in [1.82, 2.24) is 4.90 Å². The van der Waals surface area contributed by atoms with Crippen LogP contribution in [0.1, 0.15) is 31.2 Å². The van der Waals surface area contributed by atoms with Gasteiger partial charge in [-0.15, -0.1) is 0 Å². The van der Waals surface area contributed by atoms with E-state index in [0.717, 1.165) is 30.9 Å². The van der Waals surface area contributed by atoms with E-state index in [-0.39, 0.29) is 5.41 Å². The molecular weight excluding hydrogens is 262 g/mol. The molecule has 3 heteroatoms. The Hall–Kier alpha value is -1.48. The molecule has 0 N–H and O–H groups in total. The molecule has 2 atom stereocenters. The van der Waals surface area contributed by atoms with Crippen LogP contribution in [-0.4, -0.2) is 38.8 Å². The highest BCUT2D eigenvalue weighted by atomic mass is 16.5. The van der Waals surface area contributed by atoms with Gasteiger partial charge in [0.05, 0.1) is 14.2 Å². The largest absolute Gasteiger partial charge is 0.493 e. The molecule has 2 fully saturated rings. The zero-order chi connectivity index (χ0) is 15.0. The maximum atomic E-state index is 5.50. The smallest absolute Gasteiger partial charge is 0.161 e. The van der Waals surface area contributed by atoms with Crippen molar-refractivity contribution in [3.05, 3.63) is 35.9 Å². The van der Waals surface area contributed by atoms with Crippen LogP contribution in [0.5, 0.6) is 11.5 Å². The summed E-state index contributed by atoms with van der Waals surface area (Å²) in [5.41, 5.74) is 3.03. The fourth-order valence-electron chi connectivity index (χ4n) is 4.17. The molecule has 21 heavy (non-hydrogen) atoms. The van der Waals surface area contributed by atoms with Crippen molar-refractivity contribution in [2.24, 2.45) is 0 Å². The lowest BCUT2D eigenvalue weighted by Gasteiger charge is -2.42. The standard InChI is InChI=1S/C18H25NO2/c1-13-7-8-18(9-10-19(2)17(18)11-13)14-5-6-15(20-3)16(12-14)21-4/h5-6,12,17H,1,7-11H2,2-4H3. The molecule has 0 radical (unpaired) electrons. The van der Waals surface area contributed by atoms with Gasteiger partial charge in [0.1, 0.15) is 0 Å². The highest BCUT2D eigenvalue weighted by Gasteiger charge is 2.49. The molecule has 0 spiro atoms. The van der Waals surface area contributed by atoms with Crippen LogP contribution >= 0.6 is 0 Å². The van der Waals surface area contributed by atoms with Gasteiger partial charge in [-0.1, -0.05) is 18.2 Å². The van der Waals surface area contributed by atoms with Gasteiger partial charge in [-0.3, -0.25) is 0 Å². The number of hydrogen-bond donors (Lipinski definition) is 0. The summed E-state index contributed by atoms with van der Waals surface area (Å²) in [6.07, 6.45) is 4.66. The van der Waals surface area contributed by atoms with Crippen molar-refractivity contribution in [2.45, 2.75) is 37.1 Å². The van der Waals surface area contributed by atoms with Gasteiger partial charge in [-0.2, -0.15) is 0 Å². The summed E-state index contributed by atoms with van der Waals surface area (Å²) < 4.78 is 10.9. The highest BCUT2D eigenvalue weighted by Crippen LogP contribution is 2.50. The van der Waals surface area contributed by atoms with E-state index in [1.54, 1.807) is 14.2 Å². The third-order valence-corrected chi connectivity index (χ3v) is 5.45. The molecule has 3 nitrogen and oxygen atoms in total. The first kappa shape index (κ1) is 14.5. The normalized spacial score (nSPS) is 29.3. The predicted octanol–water partition coefficient (Wildman–Crippen LogP) is 3.39. The second-order valence-electron chi connectivity index (χ2n) is 6.43. The van der Waals surface area contributed by atoms with Gasteiger partial charge in [-0.05, 0) is 57.0 Å². The molecule has 2 aliphatic rings. The van der Waals surface area contributed by atoms with Crippen molar-refractivity contribution in [2.75, 3.05) is 27.8 Å². The number of benzene rings is 1. The quantitative estimate of drug-likeness (QED) is 0.795. The molecule has 1 aliphatic carbocycles. The Balaban J connectivity index is 2.03. The first-order chi connectivity index (χ1) is 10.1. The van der Waals surface area contributed by atoms with Gasteiger partial charge in [-0.25, -0.2) is 0 Å². The Bertz CT molecular complexity index is 554. The van der Waals surface area contributed by atoms with Crippen LogP contribution in [0.25, 0.3) is 0 Å². The Kier molecular flexibility index (Phi) is 3.70. The first-order valence-electron chi connectivity index (χ1n) is 7.70. The van der Waals surface area contributed by atoms with Gasteiger partial charge < -0.3 is 14.4 Å². The first-order valence-corrected chi connectivity index (χ1v) is 7.70. The summed E-state index contributed by atoms with van der Waals surface area (Å²) in [5, 5.41) is 0. The lowest BCUT2D eigenvalue weighted by atomic mass is 9.65. The topological polar surface area (TPSA) is 21.7 Å². The van der Waals surface area contributed by atoms with E-state index in [1.165, 1.54) is 24.0 Å². The fourth-order valence-corrected chi connectivity index (χ4v) is 4.17. The zero-order valence-electron chi connectivity index (χ0n) is 13.3. The number of methoxy groups -OCH3 is 2. The Morgan fingerprint density at radius 2 is 1.95 bits per heavy atom. The zero-order valence-corrected chi connectivity index (χ0v) is 13.3. The Labute approximate surface area is 127 Å². The van der Waals surface area contributed by atoms with Crippen LogP contribution < -0.4 is 9.47 Å². The third-order valence-electron chi connectivity index (χ3n) is 5.45. The minimum atomic E-state index is 0.246. The van der Waals surface area contributed by atoms with Gasteiger partial charge in [0.25, 0.3) is 0 Å². The van der Waals surface area contributed by atoms with E-state index in [4.69, 9.17) is 9.47 Å². The minimum absolute atomic E-state index is 0.246. The van der Waals surface area contributed by atoms with E-state index < -0.39 is 0 Å². The summed E-state index contributed by atoms with van der Waals surface area (Å²) in [4.78, 5) is 2.50. The number of ether oxygens (including phenoxy) is 2. The molecule has 2 unspecified atom stereocenters. The monoisotopic (exact) mass is 287 g/mol. The summed E-state index contributed by atoms with van der Waals surface area (Å²) in [5.74, 6) is 1.64. The molecular formula is C18H25NO2. The number of likely N-dealkylation sites (N-methyl/N-ethyl adjacent to an activating group) is 1. The van der Waals surface area contributed by atoms with E-state index in [0.29, 0.717) is 6.04 Å². The number of likely N-dealkylation sites (tertiary alicyclic amines) is 1. The van der Waals surface area contributed by atoms with Gasteiger partial charge >= 0.3 is 0 Å². The molecule has 0 bridgehead atoms. The summed E-state index contributed by atoms with van der Waals surface area (Å²) in [7, 11) is 5.64. The van der Waals surface area contributed by atoms with Crippen LogP contribution in [0.3, 0.4) is 0 Å². The molecule has 0 amide bonds. The molecule has 114 valence electrons. The van der Waals surface area contributed by atoms with E-state index in [1.807, 2.05) is 6.07 Å². The van der Waals surface area contributed by atoms with Crippen LogP contribution in [0.15, 0.2) is 30.4 Å². The summed E-state index contributed by atoms with van der Waals surface area (Å²) >= 11 is 0.